The predicted molar refractivity (Wildman–Crippen MR) is 61.1 cm³/mol. The van der Waals surface area contributed by atoms with Gasteiger partial charge in [-0.1, -0.05) is 48.6 Å². The first kappa shape index (κ1) is 10.1. The van der Waals surface area contributed by atoms with Crippen LogP contribution in [0.2, 0.25) is 0 Å². The Balaban J connectivity index is 2.11. The Morgan fingerprint density at radius 3 is 2.33 bits per heavy atom. The summed E-state index contributed by atoms with van der Waals surface area (Å²) in [5.74, 6) is 0.721. The van der Waals surface area contributed by atoms with Crippen molar-refractivity contribution in [2.24, 2.45) is 5.11 Å². The summed E-state index contributed by atoms with van der Waals surface area (Å²) < 4.78 is 0. The van der Waals surface area contributed by atoms with Crippen LogP contribution in [0.4, 0.5) is 5.69 Å². The van der Waals surface area contributed by atoms with E-state index in [0.29, 0.717) is 5.69 Å². The first-order chi connectivity index (χ1) is 7.40. The molecule has 0 aliphatic heterocycles. The molecule has 1 fully saturated rings. The number of rotatable bonds is 2. The highest BCUT2D eigenvalue weighted by Crippen LogP contribution is 2.33. The van der Waals surface area contributed by atoms with Crippen molar-refractivity contribution in [3.05, 3.63) is 40.3 Å². The van der Waals surface area contributed by atoms with Crippen molar-refractivity contribution >= 4 is 5.69 Å². The molecule has 0 heterocycles. The fourth-order valence-corrected chi connectivity index (χ4v) is 2.30. The molecule has 0 amide bonds. The molecular formula is C12H15N3. The van der Waals surface area contributed by atoms with Gasteiger partial charge in [0.25, 0.3) is 0 Å². The minimum Gasteiger partial charge on any atom is -0.0608 e. The minimum atomic E-state index is 0.706. The quantitative estimate of drug-likeness (QED) is 0.379. The second kappa shape index (κ2) is 4.85. The summed E-state index contributed by atoms with van der Waals surface area (Å²) in [4.78, 5) is 2.77. The smallest absolute Gasteiger partial charge is 0.0375 e. The number of nitrogens with zero attached hydrogens (tertiary/aromatic N) is 3. The van der Waals surface area contributed by atoms with Crippen molar-refractivity contribution in [1.82, 2.24) is 0 Å². The summed E-state index contributed by atoms with van der Waals surface area (Å²) >= 11 is 0. The maximum absolute atomic E-state index is 8.30. The van der Waals surface area contributed by atoms with Gasteiger partial charge >= 0.3 is 0 Å². The van der Waals surface area contributed by atoms with Gasteiger partial charge in [0.15, 0.2) is 0 Å². The maximum atomic E-state index is 8.30. The van der Waals surface area contributed by atoms with E-state index >= 15 is 0 Å². The fourth-order valence-electron chi connectivity index (χ4n) is 2.30. The molecule has 0 unspecified atom stereocenters. The lowest BCUT2D eigenvalue weighted by atomic mass is 9.84. The Bertz CT molecular complexity index is 357. The van der Waals surface area contributed by atoms with Crippen LogP contribution in [-0.4, -0.2) is 0 Å². The van der Waals surface area contributed by atoms with Gasteiger partial charge in [-0.2, -0.15) is 0 Å². The van der Waals surface area contributed by atoms with Gasteiger partial charge in [0.1, 0.15) is 0 Å². The van der Waals surface area contributed by atoms with Crippen LogP contribution < -0.4 is 0 Å². The third-order valence-corrected chi connectivity index (χ3v) is 3.13. The lowest BCUT2D eigenvalue weighted by molar-refractivity contribution is 0.443. The van der Waals surface area contributed by atoms with Crippen LogP contribution in [0, 0.1) is 0 Å². The van der Waals surface area contributed by atoms with Gasteiger partial charge in [-0.05, 0) is 29.9 Å². The average Bonchev–Trinajstić information content (AvgIpc) is 2.32. The summed E-state index contributed by atoms with van der Waals surface area (Å²) in [6.45, 7) is 0. The molecule has 0 bridgehead atoms. The summed E-state index contributed by atoms with van der Waals surface area (Å²) in [5.41, 5.74) is 10.4. The topological polar surface area (TPSA) is 48.8 Å². The van der Waals surface area contributed by atoms with Gasteiger partial charge in [-0.25, -0.2) is 0 Å². The van der Waals surface area contributed by atoms with E-state index in [1.165, 1.54) is 37.7 Å². The number of hydrogen-bond donors (Lipinski definition) is 0. The van der Waals surface area contributed by atoms with E-state index < -0.39 is 0 Å². The van der Waals surface area contributed by atoms with Crippen molar-refractivity contribution in [2.75, 3.05) is 0 Å². The van der Waals surface area contributed by atoms with E-state index in [4.69, 9.17) is 5.53 Å². The monoisotopic (exact) mass is 201 g/mol. The zero-order valence-electron chi connectivity index (χ0n) is 8.76. The molecule has 0 saturated heterocycles. The van der Waals surface area contributed by atoms with Gasteiger partial charge < -0.3 is 0 Å². The lowest BCUT2D eigenvalue weighted by Crippen LogP contribution is -2.03. The average molecular weight is 201 g/mol. The number of azide groups is 1. The van der Waals surface area contributed by atoms with E-state index in [2.05, 4.69) is 22.2 Å². The van der Waals surface area contributed by atoms with Gasteiger partial charge in [0.05, 0.1) is 0 Å². The normalized spacial score (nSPS) is 17.1. The van der Waals surface area contributed by atoms with Gasteiger partial charge in [-0.15, -0.1) is 0 Å². The molecule has 3 heteroatoms. The molecule has 15 heavy (non-hydrogen) atoms. The molecule has 3 nitrogen and oxygen atoms in total. The summed E-state index contributed by atoms with van der Waals surface area (Å²) in [5, 5.41) is 3.57. The Morgan fingerprint density at radius 2 is 1.73 bits per heavy atom. The summed E-state index contributed by atoms with van der Waals surface area (Å²) in [6.07, 6.45) is 6.70. The third-order valence-electron chi connectivity index (χ3n) is 3.13. The Morgan fingerprint density at radius 1 is 1.07 bits per heavy atom. The summed E-state index contributed by atoms with van der Waals surface area (Å²) in [6, 6.07) is 8.01. The van der Waals surface area contributed by atoms with Gasteiger partial charge in [-0.3, -0.25) is 0 Å². The molecule has 1 saturated carbocycles. The maximum Gasteiger partial charge on any atom is 0.0375 e. The Kier molecular flexibility index (Phi) is 3.25. The number of hydrogen-bond acceptors (Lipinski definition) is 1. The molecule has 0 radical (unpaired) electrons. The first-order valence-electron chi connectivity index (χ1n) is 5.55. The van der Waals surface area contributed by atoms with Crippen LogP contribution in [0.5, 0.6) is 0 Å². The predicted octanol–water partition coefficient (Wildman–Crippen LogP) is 4.68. The fraction of sp³-hybridized carbons (Fsp3) is 0.500. The number of benzene rings is 1. The van der Waals surface area contributed by atoms with Crippen molar-refractivity contribution in [3.8, 4) is 0 Å². The lowest BCUT2D eigenvalue weighted by Gasteiger charge is -2.21. The van der Waals surface area contributed by atoms with Crippen LogP contribution in [0.3, 0.4) is 0 Å². The zero-order valence-corrected chi connectivity index (χ0v) is 8.76. The van der Waals surface area contributed by atoms with Crippen molar-refractivity contribution in [1.29, 1.82) is 0 Å². The molecule has 2 rings (SSSR count). The van der Waals surface area contributed by atoms with Gasteiger partial charge in [0.2, 0.25) is 0 Å². The highest BCUT2D eigenvalue weighted by atomic mass is 15.1. The highest BCUT2D eigenvalue weighted by molar-refractivity contribution is 5.39. The van der Waals surface area contributed by atoms with E-state index in [1.54, 1.807) is 0 Å². The second-order valence-corrected chi connectivity index (χ2v) is 4.12. The molecule has 0 spiro atoms. The molecule has 1 aliphatic rings. The van der Waals surface area contributed by atoms with E-state index in [-0.39, 0.29) is 0 Å². The SMILES string of the molecule is [N-]=[N+]=Nc1ccc(C2CCCCC2)cc1. The van der Waals surface area contributed by atoms with Crippen molar-refractivity contribution in [2.45, 2.75) is 38.0 Å². The first-order valence-corrected chi connectivity index (χ1v) is 5.55. The standard InChI is InChI=1S/C12H15N3/c13-15-14-12-8-6-11(7-9-12)10-4-2-1-3-5-10/h6-10H,1-5H2. The molecule has 78 valence electrons. The van der Waals surface area contributed by atoms with Crippen molar-refractivity contribution in [3.63, 3.8) is 0 Å². The Hall–Kier alpha value is -1.47. The molecule has 0 N–H and O–H groups in total. The Labute approximate surface area is 89.7 Å². The largest absolute Gasteiger partial charge is 0.0608 e. The molecule has 0 aromatic heterocycles. The molecule has 1 aromatic carbocycles. The van der Waals surface area contributed by atoms with Crippen LogP contribution in [0.1, 0.15) is 43.6 Å². The van der Waals surface area contributed by atoms with Crippen LogP contribution in [0.15, 0.2) is 29.4 Å². The molecule has 1 aliphatic carbocycles. The van der Waals surface area contributed by atoms with Gasteiger partial charge in [0, 0.05) is 10.6 Å². The van der Waals surface area contributed by atoms with Crippen LogP contribution in [-0.2, 0) is 0 Å². The van der Waals surface area contributed by atoms with Crippen molar-refractivity contribution < 1.29 is 0 Å². The van der Waals surface area contributed by atoms with Crippen LogP contribution >= 0.6 is 0 Å². The second-order valence-electron chi connectivity index (χ2n) is 4.12. The molecule has 0 atom stereocenters. The van der Waals surface area contributed by atoms with E-state index in [1.807, 2.05) is 12.1 Å². The zero-order chi connectivity index (χ0) is 10.5. The van der Waals surface area contributed by atoms with E-state index in [9.17, 15) is 0 Å². The third kappa shape index (κ3) is 2.51. The van der Waals surface area contributed by atoms with Crippen LogP contribution in [0.25, 0.3) is 10.4 Å². The molecule has 1 aromatic rings. The molecular weight excluding hydrogens is 186 g/mol. The summed E-state index contributed by atoms with van der Waals surface area (Å²) in [7, 11) is 0. The minimum absolute atomic E-state index is 0.706. The highest BCUT2D eigenvalue weighted by Gasteiger charge is 2.14. The van der Waals surface area contributed by atoms with E-state index in [0.717, 1.165) is 5.92 Å².